The Morgan fingerprint density at radius 3 is 2.53 bits per heavy atom. The van der Waals surface area contributed by atoms with Crippen LogP contribution in [-0.4, -0.2) is 24.4 Å². The van der Waals surface area contributed by atoms with Gasteiger partial charge in [0, 0.05) is 12.7 Å². The minimum atomic E-state index is -1.08. The molecule has 0 spiro atoms. The summed E-state index contributed by atoms with van der Waals surface area (Å²) in [5, 5.41) is 9.75. The Morgan fingerprint density at radius 2 is 2.00 bits per heavy atom. The average molecular weight is 234 g/mol. The highest BCUT2D eigenvalue weighted by atomic mass is 16.5. The zero-order chi connectivity index (χ0) is 13.3. The molecule has 0 aromatic heterocycles. The van der Waals surface area contributed by atoms with Crippen molar-refractivity contribution in [1.29, 1.82) is 0 Å². The zero-order valence-corrected chi connectivity index (χ0v) is 11.4. The summed E-state index contributed by atoms with van der Waals surface area (Å²) >= 11 is 0. The minimum Gasteiger partial charge on any atom is -0.381 e. The molecule has 1 aromatic carbocycles. The zero-order valence-electron chi connectivity index (χ0n) is 11.4. The fraction of sp³-hybridized carbons (Fsp3) is 0.467. The third-order valence-electron chi connectivity index (χ3n) is 1.92. The van der Waals surface area contributed by atoms with Crippen LogP contribution in [0.4, 0.5) is 0 Å². The van der Waals surface area contributed by atoms with Crippen LogP contribution >= 0.6 is 0 Å². The molecule has 0 fully saturated rings. The van der Waals surface area contributed by atoms with Crippen LogP contribution in [0.5, 0.6) is 0 Å². The minimum absolute atomic E-state index is 0.214. The molecular formula is C15H22O2. The van der Waals surface area contributed by atoms with E-state index in [1.54, 1.807) is 14.0 Å². The summed E-state index contributed by atoms with van der Waals surface area (Å²) in [4.78, 5) is 0. The van der Waals surface area contributed by atoms with Crippen LogP contribution in [0.2, 0.25) is 0 Å². The molecule has 1 unspecified atom stereocenters. The fourth-order valence-electron chi connectivity index (χ4n) is 1.25. The van der Waals surface area contributed by atoms with E-state index in [0.29, 0.717) is 0 Å². The van der Waals surface area contributed by atoms with Crippen molar-refractivity contribution in [3.05, 3.63) is 35.4 Å². The lowest BCUT2D eigenvalue weighted by atomic mass is 10.1. The van der Waals surface area contributed by atoms with Crippen molar-refractivity contribution in [1.82, 2.24) is 0 Å². The maximum absolute atomic E-state index is 9.75. The van der Waals surface area contributed by atoms with Crippen LogP contribution < -0.4 is 0 Å². The molecule has 2 nitrogen and oxygen atoms in total. The van der Waals surface area contributed by atoms with Gasteiger partial charge in [-0.1, -0.05) is 37.8 Å². The van der Waals surface area contributed by atoms with Gasteiger partial charge in [-0.25, -0.2) is 0 Å². The predicted octanol–water partition coefficient (Wildman–Crippen LogP) is 2.77. The number of benzene rings is 1. The first kappa shape index (κ1) is 15.7. The molecule has 17 heavy (non-hydrogen) atoms. The smallest absolute Gasteiger partial charge is 0.146 e. The number of aliphatic hydroxyl groups is 1. The molecule has 0 heterocycles. The van der Waals surface area contributed by atoms with Crippen molar-refractivity contribution in [2.24, 2.45) is 0 Å². The summed E-state index contributed by atoms with van der Waals surface area (Å²) in [7, 11) is 1.54. The third kappa shape index (κ3) is 6.78. The first-order valence-corrected chi connectivity index (χ1v) is 5.85. The van der Waals surface area contributed by atoms with Crippen LogP contribution in [0.15, 0.2) is 24.3 Å². The SMILES string of the molecule is CC.COCC(C)(O)C#Cc1cccc(C)c1. The van der Waals surface area contributed by atoms with Gasteiger partial charge in [0.05, 0.1) is 6.61 Å². The molecule has 0 aliphatic rings. The molecule has 1 rings (SSSR count). The van der Waals surface area contributed by atoms with Gasteiger partial charge in [-0.2, -0.15) is 0 Å². The van der Waals surface area contributed by atoms with Gasteiger partial charge in [-0.05, 0) is 31.5 Å². The van der Waals surface area contributed by atoms with Gasteiger partial charge in [-0.3, -0.25) is 0 Å². The summed E-state index contributed by atoms with van der Waals surface area (Å²) < 4.78 is 4.87. The fourth-order valence-corrected chi connectivity index (χ4v) is 1.25. The maximum atomic E-state index is 9.75. The number of ether oxygens (including phenoxy) is 1. The highest BCUT2D eigenvalue weighted by Gasteiger charge is 2.15. The Kier molecular flexibility index (Phi) is 7.29. The number of methoxy groups -OCH3 is 1. The molecule has 0 aliphatic carbocycles. The van der Waals surface area contributed by atoms with E-state index in [9.17, 15) is 5.11 Å². The van der Waals surface area contributed by atoms with Gasteiger partial charge in [0.25, 0.3) is 0 Å². The quantitative estimate of drug-likeness (QED) is 0.797. The van der Waals surface area contributed by atoms with Gasteiger partial charge in [0.1, 0.15) is 5.60 Å². The van der Waals surface area contributed by atoms with E-state index in [-0.39, 0.29) is 6.61 Å². The molecular weight excluding hydrogens is 212 g/mol. The number of rotatable bonds is 2. The van der Waals surface area contributed by atoms with Crippen molar-refractivity contribution in [3.63, 3.8) is 0 Å². The van der Waals surface area contributed by atoms with E-state index in [1.807, 2.05) is 45.0 Å². The molecule has 94 valence electrons. The van der Waals surface area contributed by atoms with Crippen LogP contribution in [0.25, 0.3) is 0 Å². The van der Waals surface area contributed by atoms with E-state index in [4.69, 9.17) is 4.74 Å². The average Bonchev–Trinajstić information content (AvgIpc) is 2.29. The van der Waals surface area contributed by atoms with Crippen LogP contribution in [0.3, 0.4) is 0 Å². The maximum Gasteiger partial charge on any atom is 0.146 e. The van der Waals surface area contributed by atoms with Gasteiger partial charge < -0.3 is 9.84 Å². The lowest BCUT2D eigenvalue weighted by Gasteiger charge is -2.13. The first-order valence-electron chi connectivity index (χ1n) is 5.85. The predicted molar refractivity (Wildman–Crippen MR) is 71.9 cm³/mol. The molecule has 1 N–H and O–H groups in total. The van der Waals surface area contributed by atoms with Crippen molar-refractivity contribution >= 4 is 0 Å². The molecule has 0 saturated heterocycles. The Labute approximate surface area is 105 Å². The van der Waals surface area contributed by atoms with E-state index >= 15 is 0 Å². The molecule has 1 aromatic rings. The largest absolute Gasteiger partial charge is 0.381 e. The molecule has 0 aliphatic heterocycles. The second-order valence-electron chi connectivity index (χ2n) is 3.83. The van der Waals surface area contributed by atoms with E-state index < -0.39 is 5.60 Å². The Morgan fingerprint density at radius 1 is 1.35 bits per heavy atom. The van der Waals surface area contributed by atoms with E-state index in [1.165, 1.54) is 0 Å². The van der Waals surface area contributed by atoms with Gasteiger partial charge in [0.2, 0.25) is 0 Å². The summed E-state index contributed by atoms with van der Waals surface area (Å²) in [5.41, 5.74) is 0.984. The van der Waals surface area contributed by atoms with Gasteiger partial charge in [0.15, 0.2) is 0 Å². The Hall–Kier alpha value is -1.30. The van der Waals surface area contributed by atoms with Crippen LogP contribution in [0.1, 0.15) is 31.9 Å². The third-order valence-corrected chi connectivity index (χ3v) is 1.92. The molecule has 2 heteroatoms. The van der Waals surface area contributed by atoms with Crippen molar-refractivity contribution < 1.29 is 9.84 Å². The van der Waals surface area contributed by atoms with Crippen LogP contribution in [-0.2, 0) is 4.74 Å². The lowest BCUT2D eigenvalue weighted by Crippen LogP contribution is -2.27. The summed E-state index contributed by atoms with van der Waals surface area (Å²) in [6.07, 6.45) is 0. The normalized spacial score (nSPS) is 12.6. The number of aryl methyl sites for hydroxylation is 1. The van der Waals surface area contributed by atoms with Gasteiger partial charge in [-0.15, -0.1) is 0 Å². The molecule has 1 atom stereocenters. The highest BCUT2D eigenvalue weighted by Crippen LogP contribution is 2.05. The summed E-state index contributed by atoms with van der Waals surface area (Å²) in [5.74, 6) is 5.71. The van der Waals surface area contributed by atoms with Crippen molar-refractivity contribution in [3.8, 4) is 11.8 Å². The molecule has 0 radical (unpaired) electrons. The summed E-state index contributed by atoms with van der Waals surface area (Å²) in [6.45, 7) is 7.86. The monoisotopic (exact) mass is 234 g/mol. The van der Waals surface area contributed by atoms with Crippen molar-refractivity contribution in [2.45, 2.75) is 33.3 Å². The molecule has 0 amide bonds. The standard InChI is InChI=1S/C13H16O2.C2H6/c1-11-5-4-6-12(9-11)7-8-13(2,14)10-15-3;1-2/h4-6,9,14H,10H2,1-3H3;1-2H3. The highest BCUT2D eigenvalue weighted by molar-refractivity contribution is 5.38. The molecule has 0 saturated carbocycles. The number of hydrogen-bond donors (Lipinski definition) is 1. The molecule has 0 bridgehead atoms. The first-order chi connectivity index (χ1) is 8.03. The summed E-state index contributed by atoms with van der Waals surface area (Å²) in [6, 6.07) is 7.86. The number of hydrogen-bond acceptors (Lipinski definition) is 2. The van der Waals surface area contributed by atoms with E-state index in [0.717, 1.165) is 11.1 Å². The lowest BCUT2D eigenvalue weighted by molar-refractivity contribution is 0.0274. The van der Waals surface area contributed by atoms with E-state index in [2.05, 4.69) is 11.8 Å². The topological polar surface area (TPSA) is 29.5 Å². The second-order valence-corrected chi connectivity index (χ2v) is 3.83. The Balaban J connectivity index is 0.00000121. The second kappa shape index (κ2) is 7.89. The van der Waals surface area contributed by atoms with Crippen LogP contribution in [0, 0.1) is 18.8 Å². The Bertz CT molecular complexity index is 383. The van der Waals surface area contributed by atoms with Gasteiger partial charge >= 0.3 is 0 Å². The van der Waals surface area contributed by atoms with Crippen molar-refractivity contribution in [2.75, 3.05) is 13.7 Å².